The fraction of sp³-hybridized carbons (Fsp3) is 0.812. The van der Waals surface area contributed by atoms with Gasteiger partial charge in [-0.3, -0.25) is 4.99 Å². The highest BCUT2D eigenvalue weighted by Gasteiger charge is 2.28. The van der Waals surface area contributed by atoms with Crippen LogP contribution in [0.25, 0.3) is 0 Å². The maximum atomic E-state index is 5.35. The summed E-state index contributed by atoms with van der Waals surface area (Å²) in [6, 6.07) is 0. The zero-order valence-corrected chi connectivity index (χ0v) is 17.2. The number of guanidine groups is 1. The van der Waals surface area contributed by atoms with Gasteiger partial charge in [-0.1, -0.05) is 11.6 Å². The first-order chi connectivity index (χ1) is 10.1. The van der Waals surface area contributed by atoms with Crippen molar-refractivity contribution >= 4 is 41.7 Å². The van der Waals surface area contributed by atoms with E-state index in [0.717, 1.165) is 58.2 Å². The predicted molar refractivity (Wildman–Crippen MR) is 108 cm³/mol. The van der Waals surface area contributed by atoms with Crippen LogP contribution in [-0.4, -0.2) is 60.8 Å². The van der Waals surface area contributed by atoms with Crippen LogP contribution in [0.2, 0.25) is 0 Å². The molecule has 0 bridgehead atoms. The van der Waals surface area contributed by atoms with Crippen molar-refractivity contribution < 1.29 is 4.74 Å². The van der Waals surface area contributed by atoms with Gasteiger partial charge in [0.1, 0.15) is 0 Å². The van der Waals surface area contributed by atoms with E-state index in [2.05, 4.69) is 48.8 Å². The molecule has 2 aliphatic rings. The highest BCUT2D eigenvalue weighted by Crippen LogP contribution is 2.29. The molecule has 2 heterocycles. The van der Waals surface area contributed by atoms with Gasteiger partial charge < -0.3 is 15.0 Å². The van der Waals surface area contributed by atoms with Gasteiger partial charge in [-0.25, -0.2) is 0 Å². The monoisotopic (exact) mass is 439 g/mol. The fourth-order valence-corrected chi connectivity index (χ4v) is 3.83. The summed E-state index contributed by atoms with van der Waals surface area (Å²) in [5, 5.41) is 3.45. The van der Waals surface area contributed by atoms with Crippen LogP contribution < -0.4 is 5.32 Å². The largest absolute Gasteiger partial charge is 0.377 e. The average Bonchev–Trinajstić information content (AvgIpc) is 2.46. The number of ether oxygens (including phenoxy) is 1. The Kier molecular flexibility index (Phi) is 9.16. The van der Waals surface area contributed by atoms with E-state index in [1.54, 1.807) is 0 Å². The Morgan fingerprint density at radius 3 is 2.95 bits per heavy atom. The fourth-order valence-electron chi connectivity index (χ4n) is 2.72. The summed E-state index contributed by atoms with van der Waals surface area (Å²) in [5.74, 6) is 2.26. The van der Waals surface area contributed by atoms with Crippen molar-refractivity contribution in [2.75, 3.05) is 45.1 Å². The Bertz CT molecular complexity index is 399. The number of thioether (sulfide) groups is 1. The summed E-state index contributed by atoms with van der Waals surface area (Å²) in [4.78, 5) is 7.25. The number of aliphatic imine (C=N–C) groups is 1. The van der Waals surface area contributed by atoms with Gasteiger partial charge in [0.2, 0.25) is 0 Å². The number of rotatable bonds is 4. The molecule has 1 fully saturated rings. The molecule has 2 aliphatic heterocycles. The Morgan fingerprint density at radius 2 is 2.32 bits per heavy atom. The third-order valence-corrected chi connectivity index (χ3v) is 5.11. The third kappa shape index (κ3) is 6.66. The van der Waals surface area contributed by atoms with Crippen molar-refractivity contribution in [3.63, 3.8) is 0 Å². The van der Waals surface area contributed by atoms with E-state index in [0.29, 0.717) is 4.75 Å². The van der Waals surface area contributed by atoms with Gasteiger partial charge in [0.25, 0.3) is 0 Å². The normalized spacial score (nSPS) is 21.9. The zero-order valence-electron chi connectivity index (χ0n) is 14.1. The SMILES string of the molecule is CCNC(=NCCC1=CCOCC1)N1CCSC(C)(C)C1.I. The molecule has 0 aliphatic carbocycles. The molecule has 0 spiro atoms. The molecule has 0 aromatic carbocycles. The topological polar surface area (TPSA) is 36.9 Å². The van der Waals surface area contributed by atoms with Crippen LogP contribution in [0.4, 0.5) is 0 Å². The molecule has 0 amide bonds. The summed E-state index contributed by atoms with van der Waals surface area (Å²) < 4.78 is 5.67. The molecule has 6 heteroatoms. The minimum Gasteiger partial charge on any atom is -0.377 e. The molecule has 0 aromatic heterocycles. The summed E-state index contributed by atoms with van der Waals surface area (Å²) in [6.45, 7) is 12.4. The van der Waals surface area contributed by atoms with E-state index >= 15 is 0 Å². The molecular weight excluding hydrogens is 409 g/mol. The van der Waals surface area contributed by atoms with Gasteiger partial charge in [-0.05, 0) is 33.6 Å². The van der Waals surface area contributed by atoms with E-state index in [1.165, 1.54) is 11.3 Å². The molecule has 0 aromatic rings. The second-order valence-corrected chi connectivity index (χ2v) is 8.00. The first-order valence-electron chi connectivity index (χ1n) is 8.03. The number of hydrogen-bond donors (Lipinski definition) is 1. The number of halogens is 1. The predicted octanol–water partition coefficient (Wildman–Crippen LogP) is 3.13. The molecule has 22 heavy (non-hydrogen) atoms. The average molecular weight is 439 g/mol. The summed E-state index contributed by atoms with van der Waals surface area (Å²) in [6.07, 6.45) is 4.34. The molecule has 1 N–H and O–H groups in total. The van der Waals surface area contributed by atoms with Gasteiger partial charge in [0.05, 0.1) is 13.2 Å². The van der Waals surface area contributed by atoms with Crippen LogP contribution in [-0.2, 0) is 4.74 Å². The Balaban J connectivity index is 0.00000242. The van der Waals surface area contributed by atoms with Crippen LogP contribution in [0.5, 0.6) is 0 Å². The van der Waals surface area contributed by atoms with E-state index in [-0.39, 0.29) is 24.0 Å². The van der Waals surface area contributed by atoms with Crippen molar-refractivity contribution in [1.82, 2.24) is 10.2 Å². The quantitative estimate of drug-likeness (QED) is 0.316. The molecule has 0 atom stereocenters. The minimum atomic E-state index is 0. The van der Waals surface area contributed by atoms with Gasteiger partial charge in [0, 0.05) is 36.7 Å². The maximum Gasteiger partial charge on any atom is 0.193 e. The molecule has 2 rings (SSSR count). The van der Waals surface area contributed by atoms with Crippen LogP contribution in [0.1, 0.15) is 33.6 Å². The van der Waals surface area contributed by atoms with E-state index in [4.69, 9.17) is 9.73 Å². The van der Waals surface area contributed by atoms with Gasteiger partial charge in [-0.2, -0.15) is 11.8 Å². The summed E-state index contributed by atoms with van der Waals surface area (Å²) in [7, 11) is 0. The maximum absolute atomic E-state index is 5.35. The molecule has 0 saturated carbocycles. The van der Waals surface area contributed by atoms with Gasteiger partial charge >= 0.3 is 0 Å². The van der Waals surface area contributed by atoms with E-state index in [1.807, 2.05) is 0 Å². The lowest BCUT2D eigenvalue weighted by molar-refractivity contribution is 0.153. The molecule has 1 saturated heterocycles. The second-order valence-electron chi connectivity index (χ2n) is 6.20. The zero-order chi connectivity index (χ0) is 15.1. The van der Waals surface area contributed by atoms with E-state index in [9.17, 15) is 0 Å². The molecule has 0 radical (unpaired) electrons. The number of nitrogens with one attached hydrogen (secondary N) is 1. The van der Waals surface area contributed by atoms with Crippen LogP contribution in [0.3, 0.4) is 0 Å². The van der Waals surface area contributed by atoms with Crippen molar-refractivity contribution in [2.45, 2.75) is 38.4 Å². The Labute approximate surface area is 156 Å². The first-order valence-corrected chi connectivity index (χ1v) is 9.02. The molecular formula is C16H30IN3OS. The first kappa shape index (κ1) is 20.1. The smallest absolute Gasteiger partial charge is 0.193 e. The highest BCUT2D eigenvalue weighted by molar-refractivity contribution is 14.0. The number of nitrogens with zero attached hydrogens (tertiary/aromatic N) is 2. The molecule has 4 nitrogen and oxygen atoms in total. The molecule has 0 unspecified atom stereocenters. The lowest BCUT2D eigenvalue weighted by Gasteiger charge is -2.39. The van der Waals surface area contributed by atoms with Gasteiger partial charge in [0.15, 0.2) is 5.96 Å². The van der Waals surface area contributed by atoms with Crippen molar-refractivity contribution in [2.24, 2.45) is 4.99 Å². The van der Waals surface area contributed by atoms with Crippen LogP contribution in [0, 0.1) is 0 Å². The van der Waals surface area contributed by atoms with Crippen molar-refractivity contribution in [3.8, 4) is 0 Å². The Hall–Kier alpha value is 0.0500. The van der Waals surface area contributed by atoms with Crippen LogP contribution >= 0.6 is 35.7 Å². The second kappa shape index (κ2) is 10.0. The van der Waals surface area contributed by atoms with Gasteiger partial charge in [-0.15, -0.1) is 24.0 Å². The van der Waals surface area contributed by atoms with Crippen molar-refractivity contribution in [3.05, 3.63) is 11.6 Å². The standard InChI is InChI=1S/C16H29N3OS.HI/c1-4-17-15(19-9-12-21-16(2,3)13-19)18-8-5-14-6-10-20-11-7-14;/h6H,4-5,7-13H2,1-3H3,(H,17,18);1H. The summed E-state index contributed by atoms with van der Waals surface area (Å²) >= 11 is 2.06. The van der Waals surface area contributed by atoms with Crippen LogP contribution in [0.15, 0.2) is 16.6 Å². The Morgan fingerprint density at radius 1 is 1.50 bits per heavy atom. The third-order valence-electron chi connectivity index (χ3n) is 3.81. The number of hydrogen-bond acceptors (Lipinski definition) is 3. The van der Waals surface area contributed by atoms with E-state index < -0.39 is 0 Å². The highest BCUT2D eigenvalue weighted by atomic mass is 127. The minimum absolute atomic E-state index is 0. The lowest BCUT2D eigenvalue weighted by atomic mass is 10.1. The van der Waals surface area contributed by atoms with Crippen molar-refractivity contribution in [1.29, 1.82) is 0 Å². The molecule has 128 valence electrons. The summed E-state index contributed by atoms with van der Waals surface area (Å²) in [5.41, 5.74) is 1.50. The lowest BCUT2D eigenvalue weighted by Crippen LogP contribution is -2.51.